The average molecular weight is 327 g/mol. The molecule has 0 radical (unpaired) electrons. The number of alkyl halides is 1. The SMILES string of the molecule is CCCNC(=O)c1cc(C2CCCCN2C(=O)OCCF)on1. The second-order valence-electron chi connectivity index (χ2n) is 5.38. The predicted octanol–water partition coefficient (Wildman–Crippen LogP) is 2.45. The summed E-state index contributed by atoms with van der Waals surface area (Å²) in [5.41, 5.74) is 0.191. The van der Waals surface area contributed by atoms with Crippen LogP contribution < -0.4 is 5.32 Å². The summed E-state index contributed by atoms with van der Waals surface area (Å²) in [5.74, 6) is 0.146. The molecule has 0 aliphatic carbocycles. The van der Waals surface area contributed by atoms with Crippen molar-refractivity contribution in [3.8, 4) is 0 Å². The number of carbonyl (C=O) groups is 2. The molecule has 0 spiro atoms. The number of amides is 2. The van der Waals surface area contributed by atoms with Crippen LogP contribution in [0.4, 0.5) is 9.18 Å². The standard InChI is InChI=1S/C15H22FN3O4/c1-2-7-17-14(20)11-10-13(23-18-11)12-5-3-4-8-19(12)15(21)22-9-6-16/h10,12H,2-9H2,1H3,(H,17,20). The molecule has 1 aliphatic rings. The topological polar surface area (TPSA) is 84.7 Å². The number of carbonyl (C=O) groups excluding carboxylic acids is 2. The van der Waals surface area contributed by atoms with E-state index in [1.807, 2.05) is 6.92 Å². The Morgan fingerprint density at radius 1 is 1.52 bits per heavy atom. The molecule has 2 amide bonds. The Hall–Kier alpha value is -2.12. The summed E-state index contributed by atoms with van der Waals surface area (Å²) in [6.07, 6.45) is 2.72. The first kappa shape index (κ1) is 17.2. The summed E-state index contributed by atoms with van der Waals surface area (Å²) in [6, 6.07) is 1.22. The molecular weight excluding hydrogens is 305 g/mol. The number of nitrogens with zero attached hydrogens (tertiary/aromatic N) is 2. The number of ether oxygens (including phenoxy) is 1. The molecule has 0 aromatic carbocycles. The van der Waals surface area contributed by atoms with Gasteiger partial charge in [0.05, 0.1) is 6.04 Å². The third-order valence-corrected chi connectivity index (χ3v) is 3.66. The van der Waals surface area contributed by atoms with Gasteiger partial charge in [-0.15, -0.1) is 0 Å². The van der Waals surface area contributed by atoms with E-state index in [-0.39, 0.29) is 24.2 Å². The zero-order valence-corrected chi connectivity index (χ0v) is 13.2. The monoisotopic (exact) mass is 327 g/mol. The van der Waals surface area contributed by atoms with Crippen LogP contribution in [0.3, 0.4) is 0 Å². The molecule has 2 heterocycles. The number of hydrogen-bond donors (Lipinski definition) is 1. The van der Waals surface area contributed by atoms with Crippen LogP contribution in [-0.4, -0.2) is 48.4 Å². The Morgan fingerprint density at radius 3 is 3.09 bits per heavy atom. The van der Waals surface area contributed by atoms with E-state index in [1.165, 1.54) is 4.90 Å². The number of hydrogen-bond acceptors (Lipinski definition) is 5. The second kappa shape index (κ2) is 8.50. The quantitative estimate of drug-likeness (QED) is 0.867. The molecule has 128 valence electrons. The van der Waals surface area contributed by atoms with Crippen molar-refractivity contribution in [3.05, 3.63) is 17.5 Å². The van der Waals surface area contributed by atoms with Crippen molar-refractivity contribution >= 4 is 12.0 Å². The molecule has 8 heteroatoms. The Balaban J connectivity index is 2.07. The fourth-order valence-corrected chi connectivity index (χ4v) is 2.54. The van der Waals surface area contributed by atoms with Gasteiger partial charge in [0.15, 0.2) is 11.5 Å². The number of aromatic nitrogens is 1. The predicted molar refractivity (Wildman–Crippen MR) is 79.7 cm³/mol. The summed E-state index contributed by atoms with van der Waals surface area (Å²) < 4.78 is 22.3. The van der Waals surface area contributed by atoms with Crippen LogP contribution in [0.2, 0.25) is 0 Å². The van der Waals surface area contributed by atoms with E-state index >= 15 is 0 Å². The maximum Gasteiger partial charge on any atom is 0.410 e. The van der Waals surface area contributed by atoms with Crippen LogP contribution in [0.5, 0.6) is 0 Å². The van der Waals surface area contributed by atoms with Crippen LogP contribution in [0.25, 0.3) is 0 Å². The first-order valence-corrected chi connectivity index (χ1v) is 7.91. The number of rotatable bonds is 6. The molecule has 0 bridgehead atoms. The summed E-state index contributed by atoms with van der Waals surface area (Å²) in [5, 5.41) is 6.49. The van der Waals surface area contributed by atoms with Crippen molar-refractivity contribution < 1.29 is 23.2 Å². The molecule has 2 rings (SSSR count). The summed E-state index contributed by atoms with van der Waals surface area (Å²) in [4.78, 5) is 25.4. The molecule has 1 aliphatic heterocycles. The molecule has 23 heavy (non-hydrogen) atoms. The van der Waals surface area contributed by atoms with Crippen molar-refractivity contribution in [2.45, 2.75) is 38.6 Å². The van der Waals surface area contributed by atoms with E-state index in [2.05, 4.69) is 10.5 Å². The highest BCUT2D eigenvalue weighted by Gasteiger charge is 2.32. The second-order valence-corrected chi connectivity index (χ2v) is 5.38. The minimum absolute atomic E-state index is 0.191. The lowest BCUT2D eigenvalue weighted by Crippen LogP contribution is -2.39. The molecule has 1 aromatic rings. The first-order chi connectivity index (χ1) is 11.2. The maximum atomic E-state index is 12.2. The van der Waals surface area contributed by atoms with E-state index in [9.17, 15) is 14.0 Å². The molecule has 7 nitrogen and oxygen atoms in total. The first-order valence-electron chi connectivity index (χ1n) is 7.91. The highest BCUT2D eigenvalue weighted by molar-refractivity contribution is 5.92. The fourth-order valence-electron chi connectivity index (χ4n) is 2.54. The van der Waals surface area contributed by atoms with Crippen LogP contribution in [0.15, 0.2) is 10.6 Å². The largest absolute Gasteiger partial charge is 0.447 e. The van der Waals surface area contributed by atoms with Gasteiger partial charge >= 0.3 is 6.09 Å². The van der Waals surface area contributed by atoms with Crippen molar-refractivity contribution in [1.82, 2.24) is 15.4 Å². The molecule has 1 unspecified atom stereocenters. The van der Waals surface area contributed by atoms with Gasteiger partial charge in [0, 0.05) is 19.2 Å². The lowest BCUT2D eigenvalue weighted by atomic mass is 10.0. The molecule has 1 saturated heterocycles. The van der Waals surface area contributed by atoms with Crippen molar-refractivity contribution in [2.24, 2.45) is 0 Å². The van der Waals surface area contributed by atoms with Gasteiger partial charge in [-0.3, -0.25) is 9.69 Å². The Kier molecular flexibility index (Phi) is 6.37. The van der Waals surface area contributed by atoms with Gasteiger partial charge in [0.25, 0.3) is 5.91 Å². The van der Waals surface area contributed by atoms with E-state index in [0.29, 0.717) is 25.3 Å². The van der Waals surface area contributed by atoms with Crippen molar-refractivity contribution in [2.75, 3.05) is 26.4 Å². The molecule has 1 atom stereocenters. The number of halogens is 1. The van der Waals surface area contributed by atoms with E-state index in [1.54, 1.807) is 6.07 Å². The van der Waals surface area contributed by atoms with E-state index in [4.69, 9.17) is 9.26 Å². The van der Waals surface area contributed by atoms with Gasteiger partial charge in [0.2, 0.25) is 0 Å². The van der Waals surface area contributed by atoms with E-state index in [0.717, 1.165) is 19.3 Å². The highest BCUT2D eigenvalue weighted by atomic mass is 19.1. The third-order valence-electron chi connectivity index (χ3n) is 3.66. The Labute approximate surface area is 134 Å². The Bertz CT molecular complexity index is 535. The van der Waals surface area contributed by atoms with Gasteiger partial charge < -0.3 is 14.6 Å². The van der Waals surface area contributed by atoms with Gasteiger partial charge in [0.1, 0.15) is 13.3 Å². The zero-order valence-electron chi connectivity index (χ0n) is 13.2. The van der Waals surface area contributed by atoms with Crippen LogP contribution >= 0.6 is 0 Å². The van der Waals surface area contributed by atoms with E-state index < -0.39 is 12.8 Å². The Morgan fingerprint density at radius 2 is 2.35 bits per heavy atom. The summed E-state index contributed by atoms with van der Waals surface area (Å²) in [6.45, 7) is 2.05. The third kappa shape index (κ3) is 4.43. The number of piperidine rings is 1. The smallest absolute Gasteiger partial charge is 0.410 e. The minimum atomic E-state index is -0.714. The molecular formula is C15H22FN3O4. The number of likely N-dealkylation sites (tertiary alicyclic amines) is 1. The molecule has 1 fully saturated rings. The van der Waals surface area contributed by atoms with Gasteiger partial charge in [-0.05, 0) is 25.7 Å². The zero-order chi connectivity index (χ0) is 16.7. The highest BCUT2D eigenvalue weighted by Crippen LogP contribution is 2.31. The number of nitrogens with one attached hydrogen (secondary N) is 1. The normalized spacial score (nSPS) is 17.8. The lowest BCUT2D eigenvalue weighted by molar-refractivity contribution is 0.0616. The lowest BCUT2D eigenvalue weighted by Gasteiger charge is -2.33. The van der Waals surface area contributed by atoms with Crippen LogP contribution in [0.1, 0.15) is 54.9 Å². The molecule has 1 N–H and O–H groups in total. The molecule has 1 aromatic heterocycles. The van der Waals surface area contributed by atoms with Crippen molar-refractivity contribution in [1.29, 1.82) is 0 Å². The van der Waals surface area contributed by atoms with Crippen molar-refractivity contribution in [3.63, 3.8) is 0 Å². The van der Waals surface area contributed by atoms with Gasteiger partial charge in [-0.2, -0.15) is 0 Å². The van der Waals surface area contributed by atoms with Gasteiger partial charge in [-0.1, -0.05) is 12.1 Å². The summed E-state index contributed by atoms with van der Waals surface area (Å²) >= 11 is 0. The van der Waals surface area contributed by atoms with Gasteiger partial charge in [-0.25, -0.2) is 9.18 Å². The average Bonchev–Trinajstić information content (AvgIpc) is 3.07. The maximum absolute atomic E-state index is 12.2. The molecule has 0 saturated carbocycles. The minimum Gasteiger partial charge on any atom is -0.447 e. The van der Waals surface area contributed by atoms with Crippen LogP contribution in [-0.2, 0) is 4.74 Å². The van der Waals surface area contributed by atoms with Crippen LogP contribution in [0, 0.1) is 0 Å². The fraction of sp³-hybridized carbons (Fsp3) is 0.667. The summed E-state index contributed by atoms with van der Waals surface area (Å²) in [7, 11) is 0.